The third-order valence-corrected chi connectivity index (χ3v) is 3.48. The van der Waals surface area contributed by atoms with Gasteiger partial charge in [0.25, 0.3) is 0 Å². The minimum atomic E-state index is -1.06. The monoisotopic (exact) mass is 294 g/mol. The van der Waals surface area contributed by atoms with Gasteiger partial charge in [0.05, 0.1) is 0 Å². The molecule has 4 nitrogen and oxygen atoms in total. The van der Waals surface area contributed by atoms with Gasteiger partial charge in [0.15, 0.2) is 0 Å². The Morgan fingerprint density at radius 3 is 2.80 bits per heavy atom. The number of halogens is 1. The number of hydrogen-bond donors (Lipinski definition) is 2. The fourth-order valence-electron chi connectivity index (χ4n) is 1.97. The predicted octanol–water partition coefficient (Wildman–Crippen LogP) is 3.19. The number of nitrogens with one attached hydrogen (secondary N) is 1. The highest BCUT2D eigenvalue weighted by atomic mass is 35.5. The van der Waals surface area contributed by atoms with Crippen LogP contribution in [0.1, 0.15) is 37.0 Å². The topological polar surface area (TPSA) is 58.3 Å². The molecule has 2 heterocycles. The van der Waals surface area contributed by atoms with Gasteiger partial charge < -0.3 is 14.8 Å². The molecule has 0 saturated heterocycles. The molecule has 2 aromatic heterocycles. The zero-order chi connectivity index (χ0) is 14.8. The summed E-state index contributed by atoms with van der Waals surface area (Å²) in [5.74, 6) is 1.34. The van der Waals surface area contributed by atoms with Crippen molar-refractivity contribution in [1.29, 1.82) is 0 Å². The highest BCUT2D eigenvalue weighted by molar-refractivity contribution is 6.29. The number of pyridine rings is 1. The van der Waals surface area contributed by atoms with Gasteiger partial charge in [-0.25, -0.2) is 4.98 Å². The van der Waals surface area contributed by atoms with Crippen molar-refractivity contribution in [3.05, 3.63) is 52.7 Å². The van der Waals surface area contributed by atoms with E-state index in [1.54, 1.807) is 19.2 Å². The van der Waals surface area contributed by atoms with E-state index in [9.17, 15) is 5.11 Å². The lowest BCUT2D eigenvalue weighted by Crippen LogP contribution is -2.36. The molecule has 5 heteroatoms. The Labute approximate surface area is 123 Å². The van der Waals surface area contributed by atoms with Crippen LogP contribution in [0.2, 0.25) is 5.15 Å². The second-order valence-electron chi connectivity index (χ2n) is 5.20. The molecule has 0 aliphatic heterocycles. The van der Waals surface area contributed by atoms with Crippen LogP contribution in [0.15, 0.2) is 34.9 Å². The molecule has 0 spiro atoms. The Hall–Kier alpha value is -1.36. The molecule has 0 aromatic carbocycles. The molecule has 2 rings (SSSR count). The molecule has 108 valence electrons. The Morgan fingerprint density at radius 2 is 2.20 bits per heavy atom. The molecule has 2 N–H and O–H groups in total. The number of nitrogens with zero attached hydrogens (tertiary/aromatic N) is 1. The maximum atomic E-state index is 10.5. The van der Waals surface area contributed by atoms with E-state index < -0.39 is 5.60 Å². The van der Waals surface area contributed by atoms with Crippen LogP contribution in [0.25, 0.3) is 0 Å². The molecule has 0 saturated carbocycles. The van der Waals surface area contributed by atoms with E-state index >= 15 is 0 Å². The van der Waals surface area contributed by atoms with Gasteiger partial charge in [-0.2, -0.15) is 0 Å². The van der Waals surface area contributed by atoms with Gasteiger partial charge >= 0.3 is 0 Å². The number of aryl methyl sites for hydroxylation is 1. The fraction of sp³-hybridized carbons (Fsp3) is 0.400. The smallest absolute Gasteiger partial charge is 0.136 e. The van der Waals surface area contributed by atoms with Crippen LogP contribution in [-0.4, -0.2) is 16.6 Å². The van der Waals surface area contributed by atoms with E-state index in [4.69, 9.17) is 16.0 Å². The van der Waals surface area contributed by atoms with Crippen LogP contribution in [0.5, 0.6) is 0 Å². The lowest BCUT2D eigenvalue weighted by Gasteiger charge is -2.24. The van der Waals surface area contributed by atoms with Crippen molar-refractivity contribution >= 4 is 11.6 Å². The van der Waals surface area contributed by atoms with Crippen molar-refractivity contribution in [2.45, 2.75) is 32.4 Å². The van der Waals surface area contributed by atoms with E-state index in [1.165, 1.54) is 0 Å². The SMILES string of the molecule is Cc1ccc(C(C)(O)CNC(C)c2ccnc(Cl)c2)o1. The van der Waals surface area contributed by atoms with E-state index in [0.29, 0.717) is 17.5 Å². The number of hydrogen-bond acceptors (Lipinski definition) is 4. The van der Waals surface area contributed by atoms with Crippen LogP contribution in [0.3, 0.4) is 0 Å². The molecule has 0 aliphatic rings. The largest absolute Gasteiger partial charge is 0.463 e. The minimum absolute atomic E-state index is 0.0537. The third kappa shape index (κ3) is 3.60. The zero-order valence-electron chi connectivity index (χ0n) is 11.9. The number of aromatic nitrogens is 1. The van der Waals surface area contributed by atoms with Gasteiger partial charge in [0.2, 0.25) is 0 Å². The first-order chi connectivity index (χ1) is 9.38. The maximum Gasteiger partial charge on any atom is 0.136 e. The summed E-state index contributed by atoms with van der Waals surface area (Å²) in [5.41, 5.74) is -0.0317. The van der Waals surface area contributed by atoms with Crippen LogP contribution in [0, 0.1) is 6.92 Å². The lowest BCUT2D eigenvalue weighted by molar-refractivity contribution is 0.0313. The zero-order valence-corrected chi connectivity index (χ0v) is 12.6. The summed E-state index contributed by atoms with van der Waals surface area (Å²) in [5, 5.41) is 14.2. The number of aliphatic hydroxyl groups is 1. The second kappa shape index (κ2) is 5.95. The molecular formula is C15H19ClN2O2. The highest BCUT2D eigenvalue weighted by Crippen LogP contribution is 2.23. The normalized spacial score (nSPS) is 15.8. The summed E-state index contributed by atoms with van der Waals surface area (Å²) in [6.45, 7) is 5.97. The first-order valence-electron chi connectivity index (χ1n) is 6.52. The van der Waals surface area contributed by atoms with Gasteiger partial charge in [-0.3, -0.25) is 0 Å². The molecule has 2 atom stereocenters. The quantitative estimate of drug-likeness (QED) is 0.832. The molecular weight excluding hydrogens is 276 g/mol. The maximum absolute atomic E-state index is 10.5. The molecule has 0 amide bonds. The second-order valence-corrected chi connectivity index (χ2v) is 5.59. The summed E-state index contributed by atoms with van der Waals surface area (Å²) < 4.78 is 5.48. The summed E-state index contributed by atoms with van der Waals surface area (Å²) >= 11 is 5.87. The van der Waals surface area contributed by atoms with Crippen molar-refractivity contribution in [1.82, 2.24) is 10.3 Å². The van der Waals surface area contributed by atoms with Gasteiger partial charge in [-0.15, -0.1) is 0 Å². The van der Waals surface area contributed by atoms with Crippen molar-refractivity contribution in [2.75, 3.05) is 6.54 Å². The predicted molar refractivity (Wildman–Crippen MR) is 78.7 cm³/mol. The van der Waals surface area contributed by atoms with Crippen molar-refractivity contribution < 1.29 is 9.52 Å². The number of furan rings is 1. The molecule has 0 aliphatic carbocycles. The molecule has 2 unspecified atom stereocenters. The van der Waals surface area contributed by atoms with Crippen molar-refractivity contribution in [3.8, 4) is 0 Å². The van der Waals surface area contributed by atoms with Gasteiger partial charge in [0, 0.05) is 18.8 Å². The molecule has 0 fully saturated rings. The first kappa shape index (κ1) is 15.0. The Kier molecular flexibility index (Phi) is 4.48. The highest BCUT2D eigenvalue weighted by Gasteiger charge is 2.27. The third-order valence-electron chi connectivity index (χ3n) is 3.27. The Balaban J connectivity index is 2.01. The van der Waals surface area contributed by atoms with Crippen molar-refractivity contribution in [2.24, 2.45) is 0 Å². The Morgan fingerprint density at radius 1 is 1.45 bits per heavy atom. The number of rotatable bonds is 5. The van der Waals surface area contributed by atoms with E-state index in [-0.39, 0.29) is 6.04 Å². The van der Waals surface area contributed by atoms with E-state index in [2.05, 4.69) is 10.3 Å². The van der Waals surface area contributed by atoms with Gasteiger partial charge in [0.1, 0.15) is 22.3 Å². The first-order valence-corrected chi connectivity index (χ1v) is 6.90. The minimum Gasteiger partial charge on any atom is -0.463 e. The average molecular weight is 295 g/mol. The average Bonchev–Trinajstić information content (AvgIpc) is 2.83. The summed E-state index contributed by atoms with van der Waals surface area (Å²) in [6, 6.07) is 7.40. The van der Waals surface area contributed by atoms with E-state index in [1.807, 2.05) is 32.0 Å². The van der Waals surface area contributed by atoms with Crippen molar-refractivity contribution in [3.63, 3.8) is 0 Å². The van der Waals surface area contributed by atoms with Crippen LogP contribution >= 0.6 is 11.6 Å². The van der Waals surface area contributed by atoms with Crippen LogP contribution in [-0.2, 0) is 5.60 Å². The summed E-state index contributed by atoms with van der Waals surface area (Å²) in [7, 11) is 0. The molecule has 2 aromatic rings. The van der Waals surface area contributed by atoms with Gasteiger partial charge in [-0.1, -0.05) is 11.6 Å². The summed E-state index contributed by atoms with van der Waals surface area (Å²) in [4.78, 5) is 3.95. The standard InChI is InChI=1S/C15H19ClN2O2/c1-10-4-5-13(20-10)15(3,19)9-18-11(2)12-6-7-17-14(16)8-12/h4-8,11,18-19H,9H2,1-3H3. The molecule has 20 heavy (non-hydrogen) atoms. The summed E-state index contributed by atoms with van der Waals surface area (Å²) in [6.07, 6.45) is 1.67. The van der Waals surface area contributed by atoms with Gasteiger partial charge in [-0.05, 0) is 50.6 Å². The molecule has 0 bridgehead atoms. The van der Waals surface area contributed by atoms with Crippen LogP contribution < -0.4 is 5.32 Å². The van der Waals surface area contributed by atoms with E-state index in [0.717, 1.165) is 11.3 Å². The Bertz CT molecular complexity index is 581. The van der Waals surface area contributed by atoms with Crippen LogP contribution in [0.4, 0.5) is 0 Å². The lowest BCUT2D eigenvalue weighted by atomic mass is 10.0. The molecule has 0 radical (unpaired) electrons. The fourth-order valence-corrected chi connectivity index (χ4v) is 2.15.